The van der Waals surface area contributed by atoms with E-state index in [0.717, 1.165) is 4.90 Å². The van der Waals surface area contributed by atoms with Gasteiger partial charge in [0.05, 0.1) is 50.0 Å². The molecule has 3 heterocycles. The Morgan fingerprint density at radius 1 is 0.892 bits per heavy atom. The number of ether oxygens (including phenoxy) is 7. The second-order valence-corrected chi connectivity index (χ2v) is 20.9. The average Bonchev–Trinajstić information content (AvgIpc) is 3.55. The summed E-state index contributed by atoms with van der Waals surface area (Å²) in [6.07, 6.45) is -10.5. The van der Waals surface area contributed by atoms with E-state index in [1.54, 1.807) is 82.2 Å². The van der Waals surface area contributed by atoms with Gasteiger partial charge in [0.25, 0.3) is 5.91 Å². The van der Waals surface area contributed by atoms with Crippen LogP contribution >= 0.6 is 0 Å². The lowest BCUT2D eigenvalue weighted by molar-refractivity contribution is -0.306. The summed E-state index contributed by atoms with van der Waals surface area (Å²) in [6.45, 7) is 18.6. The van der Waals surface area contributed by atoms with E-state index in [4.69, 9.17) is 38.9 Å². The molecule has 1 aliphatic carbocycles. The SMILES string of the molecule is CC(C)OC(=O)N1CCC(O)(C(=O)N[C@@H]2C[C@H](NC(=O)OC(C)(C)C)C([C@H]3OC(CN)=CC[C@H]3NC(=O)OC(C)(C)C)[C@H](O)[C@H]2O[C@H]2OC[C@](C)(O)[C@H](N(C)C(=O)OC(C)(C)C)[C@H]2O)C1. The molecule has 5 amide bonds. The van der Waals surface area contributed by atoms with Crippen molar-refractivity contribution in [2.75, 3.05) is 33.3 Å². The molecule has 0 aromatic carbocycles. The van der Waals surface area contributed by atoms with Gasteiger partial charge < -0.3 is 85.1 Å². The number of nitrogens with two attached hydrogens (primary N) is 1. The van der Waals surface area contributed by atoms with E-state index >= 15 is 0 Å². The second-order valence-electron chi connectivity index (χ2n) is 20.9. The van der Waals surface area contributed by atoms with Crippen LogP contribution in [0.3, 0.4) is 0 Å². The van der Waals surface area contributed by atoms with E-state index in [9.17, 15) is 44.4 Å². The third-order valence-electron chi connectivity index (χ3n) is 11.1. The highest BCUT2D eigenvalue weighted by atomic mass is 16.7. The number of nitrogens with zero attached hydrogens (tertiary/aromatic N) is 2. The van der Waals surface area contributed by atoms with Crippen molar-refractivity contribution in [3.63, 3.8) is 0 Å². The lowest BCUT2D eigenvalue weighted by Crippen LogP contribution is -2.71. The topological polar surface area (TPSA) is 299 Å². The molecule has 0 aromatic rings. The predicted molar refractivity (Wildman–Crippen MR) is 231 cm³/mol. The summed E-state index contributed by atoms with van der Waals surface area (Å²) in [5.74, 6) is -1.88. The number of carbonyl (C=O) groups excluding carboxylic acids is 5. The quantitative estimate of drug-likeness (QED) is 0.143. The van der Waals surface area contributed by atoms with Gasteiger partial charge in [0.1, 0.15) is 46.5 Å². The Hall–Kier alpha value is -4.19. The standard InChI is InChI=1S/C43H74N6O16/c1-22(2)60-38(56)49-17-16-43(58,20-49)34(52)45-26-18-25(47-36(54)64-40(6,7)8)27(30-24(15-14-23(19-44)61-30)46-35(53)63-39(3,4)5)28(50)31(26)62-33-29(51)32(42(12,57)21-59-33)48(13)37(55)65-41(9,10)11/h14,22,24-33,50-51,57-58H,15-21,44H2,1-13H3,(H,45,52)(H,46,53)(H,47,54)/t24-,25+,26-,27?,28+,29-,30+,31+,32-,33-,42+,43?/m1/s1. The van der Waals surface area contributed by atoms with Crippen LogP contribution in [-0.2, 0) is 38.0 Å². The maximum atomic E-state index is 14.3. The smallest absolute Gasteiger partial charge is 0.410 e. The molecule has 372 valence electrons. The Morgan fingerprint density at radius 2 is 1.46 bits per heavy atom. The molecule has 0 aromatic heterocycles. The first-order chi connectivity index (χ1) is 29.7. The van der Waals surface area contributed by atoms with E-state index in [1.807, 2.05) is 0 Å². The zero-order valence-electron chi connectivity index (χ0n) is 40.0. The third kappa shape index (κ3) is 14.2. The molecule has 4 aliphatic rings. The minimum atomic E-state index is -2.15. The van der Waals surface area contributed by atoms with Crippen LogP contribution in [0.1, 0.15) is 102 Å². The summed E-state index contributed by atoms with van der Waals surface area (Å²) in [4.78, 5) is 69.4. The van der Waals surface area contributed by atoms with Crippen molar-refractivity contribution in [2.24, 2.45) is 11.7 Å². The number of likely N-dealkylation sites (N-methyl/N-ethyl adjacent to an activating group) is 1. The van der Waals surface area contributed by atoms with Crippen molar-refractivity contribution < 1.29 is 77.6 Å². The molecule has 0 bridgehead atoms. The number of hydrogen-bond donors (Lipinski definition) is 8. The molecule has 3 fully saturated rings. The molecule has 2 saturated heterocycles. The van der Waals surface area contributed by atoms with Gasteiger partial charge in [-0.15, -0.1) is 0 Å². The number of hydrogen-bond acceptors (Lipinski definition) is 17. The molecule has 2 unspecified atom stereocenters. The van der Waals surface area contributed by atoms with Crippen LogP contribution in [0.2, 0.25) is 0 Å². The lowest BCUT2D eigenvalue weighted by atomic mass is 9.72. The van der Waals surface area contributed by atoms with Gasteiger partial charge in [-0.25, -0.2) is 19.2 Å². The highest BCUT2D eigenvalue weighted by Gasteiger charge is 2.57. The van der Waals surface area contributed by atoms with Gasteiger partial charge in [-0.3, -0.25) is 4.79 Å². The fourth-order valence-electron chi connectivity index (χ4n) is 8.42. The Balaban J connectivity index is 1.81. The molecule has 22 nitrogen and oxygen atoms in total. The Labute approximate surface area is 381 Å². The van der Waals surface area contributed by atoms with Crippen LogP contribution in [0.5, 0.6) is 0 Å². The molecular weight excluding hydrogens is 856 g/mol. The summed E-state index contributed by atoms with van der Waals surface area (Å²) >= 11 is 0. The highest BCUT2D eigenvalue weighted by Crippen LogP contribution is 2.39. The molecule has 1 saturated carbocycles. The van der Waals surface area contributed by atoms with Crippen molar-refractivity contribution in [3.05, 3.63) is 11.8 Å². The molecule has 22 heteroatoms. The van der Waals surface area contributed by atoms with E-state index in [2.05, 4.69) is 16.0 Å². The van der Waals surface area contributed by atoms with Gasteiger partial charge in [-0.1, -0.05) is 0 Å². The number of aliphatic hydroxyl groups excluding tert-OH is 2. The number of likely N-dealkylation sites (tertiary alicyclic amines) is 1. The predicted octanol–water partition coefficient (Wildman–Crippen LogP) is 1.34. The van der Waals surface area contributed by atoms with E-state index in [1.165, 1.54) is 18.9 Å². The largest absolute Gasteiger partial charge is 0.491 e. The molecule has 65 heavy (non-hydrogen) atoms. The lowest BCUT2D eigenvalue weighted by Gasteiger charge is -2.52. The first-order valence-corrected chi connectivity index (χ1v) is 22.1. The zero-order valence-corrected chi connectivity index (χ0v) is 40.0. The monoisotopic (exact) mass is 931 g/mol. The van der Waals surface area contributed by atoms with Gasteiger partial charge in [0.2, 0.25) is 0 Å². The maximum Gasteiger partial charge on any atom is 0.410 e. The minimum Gasteiger partial charge on any atom is -0.491 e. The Bertz CT molecular complexity index is 1740. The molecule has 9 N–H and O–H groups in total. The number of β-amino-alcohol motifs (C(OH)–C–C–N with tert-alkyl or cyclic N) is 1. The van der Waals surface area contributed by atoms with Gasteiger partial charge in [0, 0.05) is 32.0 Å². The molecule has 0 spiro atoms. The summed E-state index contributed by atoms with van der Waals surface area (Å²) in [7, 11) is 1.32. The summed E-state index contributed by atoms with van der Waals surface area (Å²) in [6, 6.07) is -4.78. The zero-order chi connectivity index (χ0) is 49.2. The maximum absolute atomic E-state index is 14.3. The van der Waals surface area contributed by atoms with E-state index in [-0.39, 0.29) is 32.4 Å². The Morgan fingerprint density at radius 3 is 2.00 bits per heavy atom. The highest BCUT2D eigenvalue weighted by molar-refractivity contribution is 5.87. The minimum absolute atomic E-state index is 0.0236. The van der Waals surface area contributed by atoms with Crippen LogP contribution in [-0.4, -0.2) is 183 Å². The van der Waals surface area contributed by atoms with Gasteiger partial charge in [0.15, 0.2) is 11.9 Å². The fourth-order valence-corrected chi connectivity index (χ4v) is 8.42. The first kappa shape index (κ1) is 53.4. The number of alkyl carbamates (subject to hydrolysis) is 2. The number of aliphatic hydroxyl groups is 4. The molecular formula is C43H74N6O16. The van der Waals surface area contributed by atoms with Crippen molar-refractivity contribution in [1.29, 1.82) is 0 Å². The fraction of sp³-hybridized carbons (Fsp3) is 0.837. The van der Waals surface area contributed by atoms with Crippen LogP contribution in [0.25, 0.3) is 0 Å². The van der Waals surface area contributed by atoms with Crippen LogP contribution < -0.4 is 21.7 Å². The van der Waals surface area contributed by atoms with Crippen LogP contribution in [0.4, 0.5) is 19.2 Å². The van der Waals surface area contributed by atoms with Gasteiger partial charge in [-0.05, 0) is 102 Å². The summed E-state index contributed by atoms with van der Waals surface area (Å²) < 4.78 is 40.7. The van der Waals surface area contributed by atoms with Gasteiger partial charge in [-0.2, -0.15) is 0 Å². The summed E-state index contributed by atoms with van der Waals surface area (Å²) in [5, 5.41) is 56.3. The average molecular weight is 931 g/mol. The molecule has 12 atom stereocenters. The second kappa shape index (κ2) is 20.4. The van der Waals surface area contributed by atoms with Crippen molar-refractivity contribution >= 4 is 30.3 Å². The van der Waals surface area contributed by atoms with Gasteiger partial charge >= 0.3 is 24.4 Å². The van der Waals surface area contributed by atoms with Crippen molar-refractivity contribution in [3.8, 4) is 0 Å². The van der Waals surface area contributed by atoms with Crippen molar-refractivity contribution in [1.82, 2.24) is 25.8 Å². The first-order valence-electron chi connectivity index (χ1n) is 22.1. The normalized spacial score (nSPS) is 33.2. The van der Waals surface area contributed by atoms with E-state index in [0.29, 0.717) is 5.76 Å². The van der Waals surface area contributed by atoms with Crippen LogP contribution in [0.15, 0.2) is 11.8 Å². The number of nitrogens with one attached hydrogen (secondary N) is 3. The number of amides is 5. The number of rotatable bonds is 10. The van der Waals surface area contributed by atoms with E-state index < -0.39 is 138 Å². The molecule has 0 radical (unpaired) electrons. The third-order valence-corrected chi connectivity index (χ3v) is 11.1. The van der Waals surface area contributed by atoms with Crippen molar-refractivity contribution in [2.45, 2.75) is 191 Å². The molecule has 3 aliphatic heterocycles. The number of carbonyl (C=O) groups is 5. The van der Waals surface area contributed by atoms with Crippen LogP contribution in [0, 0.1) is 5.92 Å². The summed E-state index contributed by atoms with van der Waals surface area (Å²) in [5.41, 5.74) is -0.769. The molecule has 4 rings (SSSR count). The Kier molecular flexibility index (Phi) is 16.7.